The van der Waals surface area contributed by atoms with Gasteiger partial charge < -0.3 is 43.4 Å². The molecule has 0 spiro atoms. The second-order valence-corrected chi connectivity index (χ2v) is 6.12. The van der Waals surface area contributed by atoms with Crippen LogP contribution in [0, 0.1) is 0 Å². The molecule has 15 heteroatoms. The monoisotopic (exact) mass is 432 g/mol. The third-order valence-electron chi connectivity index (χ3n) is 3.51. The Bertz CT molecular complexity index is 711. The average Bonchev–Trinajstić information content (AvgIpc) is 2.60. The lowest BCUT2D eigenvalue weighted by Crippen LogP contribution is -2.54. The summed E-state index contributed by atoms with van der Waals surface area (Å²) in [5.41, 5.74) is 15.3. The molecule has 0 aromatic rings. The maximum absolute atomic E-state index is 12.3. The molecule has 5 amide bonds. The van der Waals surface area contributed by atoms with Crippen molar-refractivity contribution in [3.8, 4) is 0 Å². The molecule has 0 aromatic heterocycles. The second kappa shape index (κ2) is 12.7. The van der Waals surface area contributed by atoms with Crippen molar-refractivity contribution >= 4 is 41.5 Å². The molecule has 0 aliphatic carbocycles. The lowest BCUT2D eigenvalue weighted by molar-refractivity contribution is -0.142. The van der Waals surface area contributed by atoms with E-state index in [4.69, 9.17) is 27.4 Å². The predicted octanol–water partition coefficient (Wildman–Crippen LogP) is -4.90. The van der Waals surface area contributed by atoms with E-state index in [0.29, 0.717) is 0 Å². The van der Waals surface area contributed by atoms with Crippen LogP contribution in [0.4, 0.5) is 0 Å². The van der Waals surface area contributed by atoms with Crippen molar-refractivity contribution in [3.05, 3.63) is 0 Å². The molecule has 0 aliphatic rings. The first-order valence-electron chi connectivity index (χ1n) is 8.47. The SMILES string of the molecule is NC(=O)CCC(NC(=O)C(CC(N)=O)NC(=O)CNC(=O)C(N)CC(=O)O)C(=O)O. The van der Waals surface area contributed by atoms with Gasteiger partial charge in [0.1, 0.15) is 12.1 Å². The molecule has 11 N–H and O–H groups in total. The molecule has 3 atom stereocenters. The Morgan fingerprint density at radius 2 is 1.40 bits per heavy atom. The molecular formula is C15H24N6O9. The van der Waals surface area contributed by atoms with Crippen molar-refractivity contribution in [3.63, 3.8) is 0 Å². The zero-order valence-electron chi connectivity index (χ0n) is 15.8. The number of carboxylic acids is 2. The number of primary amides is 2. The highest BCUT2D eigenvalue weighted by Gasteiger charge is 2.28. The lowest BCUT2D eigenvalue weighted by atomic mass is 10.1. The summed E-state index contributed by atoms with van der Waals surface area (Å²) in [7, 11) is 0. The number of nitrogens with two attached hydrogens (primary N) is 3. The topological polar surface area (TPSA) is 274 Å². The minimum atomic E-state index is -1.57. The minimum absolute atomic E-state index is 0.328. The van der Waals surface area contributed by atoms with Crippen LogP contribution >= 0.6 is 0 Å². The van der Waals surface area contributed by atoms with E-state index < -0.39 is 79.0 Å². The summed E-state index contributed by atoms with van der Waals surface area (Å²) in [4.78, 5) is 79.4. The van der Waals surface area contributed by atoms with Gasteiger partial charge in [0.05, 0.1) is 25.4 Å². The number of carbonyl (C=O) groups is 7. The van der Waals surface area contributed by atoms with Crippen LogP contribution in [0.15, 0.2) is 0 Å². The van der Waals surface area contributed by atoms with E-state index in [-0.39, 0.29) is 12.8 Å². The van der Waals surface area contributed by atoms with Crippen LogP contribution in [0.3, 0.4) is 0 Å². The Morgan fingerprint density at radius 3 is 1.87 bits per heavy atom. The van der Waals surface area contributed by atoms with Crippen molar-refractivity contribution in [1.82, 2.24) is 16.0 Å². The van der Waals surface area contributed by atoms with Crippen molar-refractivity contribution in [2.75, 3.05) is 6.54 Å². The molecule has 0 radical (unpaired) electrons. The Kier molecular flexibility index (Phi) is 11.1. The summed E-state index contributed by atoms with van der Waals surface area (Å²) in [5, 5.41) is 23.8. The van der Waals surface area contributed by atoms with Crippen molar-refractivity contribution < 1.29 is 43.8 Å². The van der Waals surface area contributed by atoms with Crippen LogP contribution in [0.2, 0.25) is 0 Å². The highest BCUT2D eigenvalue weighted by Crippen LogP contribution is 2.00. The number of hydrogen-bond acceptors (Lipinski definition) is 8. The van der Waals surface area contributed by atoms with Crippen LogP contribution in [0.5, 0.6) is 0 Å². The Labute approximate surface area is 169 Å². The molecule has 0 aliphatic heterocycles. The molecule has 0 bridgehead atoms. The van der Waals surface area contributed by atoms with Crippen LogP contribution < -0.4 is 33.2 Å². The number of carboxylic acid groups (broad SMARTS) is 2. The summed E-state index contributed by atoms with van der Waals surface area (Å²) in [6, 6.07) is -4.51. The zero-order valence-corrected chi connectivity index (χ0v) is 15.8. The van der Waals surface area contributed by atoms with E-state index in [1.165, 1.54) is 0 Å². The average molecular weight is 432 g/mol. The van der Waals surface area contributed by atoms with Gasteiger partial charge >= 0.3 is 11.9 Å². The fraction of sp³-hybridized carbons (Fsp3) is 0.533. The first kappa shape index (κ1) is 26.2. The molecule has 0 aromatic carbocycles. The molecule has 0 rings (SSSR count). The van der Waals surface area contributed by atoms with E-state index >= 15 is 0 Å². The maximum atomic E-state index is 12.3. The van der Waals surface area contributed by atoms with E-state index in [9.17, 15) is 33.6 Å². The van der Waals surface area contributed by atoms with Gasteiger partial charge in [-0.15, -0.1) is 0 Å². The maximum Gasteiger partial charge on any atom is 0.326 e. The summed E-state index contributed by atoms with van der Waals surface area (Å²) >= 11 is 0. The summed E-state index contributed by atoms with van der Waals surface area (Å²) in [6.07, 6.45) is -2.04. The van der Waals surface area contributed by atoms with Gasteiger partial charge in [-0.05, 0) is 6.42 Å². The Hall–Kier alpha value is -3.75. The number of amides is 5. The van der Waals surface area contributed by atoms with Gasteiger partial charge in [-0.1, -0.05) is 0 Å². The third kappa shape index (κ3) is 11.2. The quantitative estimate of drug-likeness (QED) is 0.129. The minimum Gasteiger partial charge on any atom is -0.481 e. The predicted molar refractivity (Wildman–Crippen MR) is 97.0 cm³/mol. The van der Waals surface area contributed by atoms with E-state index in [2.05, 4.69) is 5.32 Å². The molecule has 0 saturated heterocycles. The van der Waals surface area contributed by atoms with E-state index in [1.54, 1.807) is 0 Å². The van der Waals surface area contributed by atoms with Gasteiger partial charge in [0.2, 0.25) is 29.5 Å². The van der Waals surface area contributed by atoms with Crippen molar-refractivity contribution in [2.24, 2.45) is 17.2 Å². The summed E-state index contributed by atoms with van der Waals surface area (Å²) in [6.45, 7) is -0.710. The number of aliphatic carboxylic acids is 2. The Morgan fingerprint density at radius 1 is 0.800 bits per heavy atom. The standard InChI is InChI=1S/C15H24N6O9/c16-6(3-12(25)26)13(27)19-5-11(24)20-8(4-10(18)23)14(28)21-7(15(29)30)1-2-9(17)22/h6-8H,1-5,16H2,(H2,17,22)(H2,18,23)(H,19,27)(H,20,24)(H,21,28)(H,25,26)(H,29,30). The zero-order chi connectivity index (χ0) is 23.4. The molecule has 0 heterocycles. The van der Waals surface area contributed by atoms with Gasteiger partial charge in [0.25, 0.3) is 0 Å². The van der Waals surface area contributed by atoms with Gasteiger partial charge in [-0.25, -0.2) is 4.79 Å². The Balaban J connectivity index is 4.94. The number of rotatable bonds is 14. The van der Waals surface area contributed by atoms with Crippen molar-refractivity contribution in [2.45, 2.75) is 43.8 Å². The lowest BCUT2D eigenvalue weighted by Gasteiger charge is -2.20. The molecular weight excluding hydrogens is 408 g/mol. The molecule has 0 fully saturated rings. The third-order valence-corrected chi connectivity index (χ3v) is 3.51. The van der Waals surface area contributed by atoms with E-state index in [0.717, 1.165) is 0 Å². The van der Waals surface area contributed by atoms with Crippen LogP contribution in [-0.2, 0) is 33.6 Å². The first-order chi connectivity index (χ1) is 13.8. The summed E-state index contributed by atoms with van der Waals surface area (Å²) in [5.74, 6) is -7.58. The normalized spacial score (nSPS) is 13.2. The molecule has 168 valence electrons. The van der Waals surface area contributed by atoms with Crippen LogP contribution in [0.1, 0.15) is 25.7 Å². The first-order valence-corrected chi connectivity index (χ1v) is 8.47. The smallest absolute Gasteiger partial charge is 0.326 e. The molecule has 15 nitrogen and oxygen atoms in total. The fourth-order valence-electron chi connectivity index (χ4n) is 2.05. The summed E-state index contributed by atoms with van der Waals surface area (Å²) < 4.78 is 0. The number of hydrogen-bond donors (Lipinski definition) is 8. The molecule has 0 saturated carbocycles. The molecule has 3 unspecified atom stereocenters. The fourth-order valence-corrected chi connectivity index (χ4v) is 2.05. The highest BCUT2D eigenvalue weighted by atomic mass is 16.4. The largest absolute Gasteiger partial charge is 0.481 e. The van der Waals surface area contributed by atoms with Crippen LogP contribution in [-0.4, -0.2) is 76.4 Å². The van der Waals surface area contributed by atoms with E-state index in [1.807, 2.05) is 10.6 Å². The molecule has 30 heavy (non-hydrogen) atoms. The second-order valence-electron chi connectivity index (χ2n) is 6.12. The highest BCUT2D eigenvalue weighted by molar-refractivity contribution is 5.95. The number of carbonyl (C=O) groups excluding carboxylic acids is 5. The van der Waals surface area contributed by atoms with Gasteiger partial charge in [-0.3, -0.25) is 28.8 Å². The van der Waals surface area contributed by atoms with Gasteiger partial charge in [-0.2, -0.15) is 0 Å². The number of nitrogens with one attached hydrogen (secondary N) is 3. The van der Waals surface area contributed by atoms with Gasteiger partial charge in [0.15, 0.2) is 0 Å². The van der Waals surface area contributed by atoms with Gasteiger partial charge in [0, 0.05) is 6.42 Å². The van der Waals surface area contributed by atoms with Crippen molar-refractivity contribution in [1.29, 1.82) is 0 Å². The van der Waals surface area contributed by atoms with Crippen LogP contribution in [0.25, 0.3) is 0 Å².